The topological polar surface area (TPSA) is 15.3 Å². The molecule has 2 fully saturated rings. The molecule has 0 aliphatic carbocycles. The Bertz CT molecular complexity index is 223. The fourth-order valence-electron chi connectivity index (χ4n) is 4.19. The molecule has 1 N–H and O–H groups in total. The van der Waals surface area contributed by atoms with E-state index in [1.54, 1.807) is 0 Å². The van der Waals surface area contributed by atoms with Gasteiger partial charge in [-0.05, 0) is 50.6 Å². The monoisotopic (exact) mass is 238 g/mol. The average Bonchev–Trinajstić information content (AvgIpc) is 2.84. The highest BCUT2D eigenvalue weighted by Gasteiger charge is 2.38. The van der Waals surface area contributed by atoms with Crippen LogP contribution in [-0.4, -0.2) is 36.1 Å². The van der Waals surface area contributed by atoms with E-state index in [2.05, 4.69) is 37.9 Å². The highest BCUT2D eigenvalue weighted by Crippen LogP contribution is 2.31. The molecule has 0 bridgehead atoms. The molecular formula is C15H30N2. The predicted molar refractivity (Wildman–Crippen MR) is 74.2 cm³/mol. The highest BCUT2D eigenvalue weighted by atomic mass is 15.2. The second kappa shape index (κ2) is 5.71. The zero-order valence-electron chi connectivity index (χ0n) is 12.1. The Balaban J connectivity index is 2.06. The molecule has 2 unspecified atom stereocenters. The summed E-state index contributed by atoms with van der Waals surface area (Å²) in [7, 11) is 0. The van der Waals surface area contributed by atoms with Crippen molar-refractivity contribution < 1.29 is 0 Å². The smallest absolute Gasteiger partial charge is 0.0252 e. The lowest BCUT2D eigenvalue weighted by molar-refractivity contribution is 0.0863. The fraction of sp³-hybridized carbons (Fsp3) is 1.00. The largest absolute Gasteiger partial charge is 0.312 e. The first-order valence-electron chi connectivity index (χ1n) is 7.60. The summed E-state index contributed by atoms with van der Waals surface area (Å²) in [5, 5.41) is 3.72. The van der Waals surface area contributed by atoms with Gasteiger partial charge in [-0.3, -0.25) is 4.90 Å². The molecular weight excluding hydrogens is 208 g/mol. The summed E-state index contributed by atoms with van der Waals surface area (Å²) >= 11 is 0. The van der Waals surface area contributed by atoms with Crippen LogP contribution in [-0.2, 0) is 0 Å². The van der Waals surface area contributed by atoms with Gasteiger partial charge in [-0.1, -0.05) is 27.7 Å². The van der Waals surface area contributed by atoms with Crippen molar-refractivity contribution >= 4 is 0 Å². The van der Waals surface area contributed by atoms with E-state index in [1.165, 1.54) is 38.8 Å². The summed E-state index contributed by atoms with van der Waals surface area (Å²) in [5.74, 6) is 1.55. The number of hydrogen-bond acceptors (Lipinski definition) is 2. The van der Waals surface area contributed by atoms with Crippen LogP contribution in [0, 0.1) is 11.8 Å². The van der Waals surface area contributed by atoms with E-state index in [-0.39, 0.29) is 0 Å². The van der Waals surface area contributed by atoms with E-state index < -0.39 is 0 Å². The molecule has 2 nitrogen and oxygen atoms in total. The molecule has 2 saturated heterocycles. The number of rotatable bonds is 4. The lowest BCUT2D eigenvalue weighted by atomic mass is 9.90. The van der Waals surface area contributed by atoms with Crippen LogP contribution in [0.25, 0.3) is 0 Å². The molecule has 17 heavy (non-hydrogen) atoms. The van der Waals surface area contributed by atoms with E-state index in [9.17, 15) is 0 Å². The lowest BCUT2D eigenvalue weighted by Gasteiger charge is -2.40. The highest BCUT2D eigenvalue weighted by molar-refractivity contribution is 4.95. The van der Waals surface area contributed by atoms with Crippen LogP contribution in [0.4, 0.5) is 0 Å². The van der Waals surface area contributed by atoms with Crippen molar-refractivity contribution in [3.63, 3.8) is 0 Å². The number of nitrogens with zero attached hydrogens (tertiary/aromatic N) is 1. The Morgan fingerprint density at radius 2 is 1.71 bits per heavy atom. The van der Waals surface area contributed by atoms with Gasteiger partial charge in [0, 0.05) is 18.1 Å². The van der Waals surface area contributed by atoms with E-state index in [1.807, 2.05) is 0 Å². The van der Waals surface area contributed by atoms with Gasteiger partial charge in [0.05, 0.1) is 0 Å². The van der Waals surface area contributed by atoms with Crippen molar-refractivity contribution in [1.82, 2.24) is 10.2 Å². The molecule has 2 aliphatic rings. The van der Waals surface area contributed by atoms with Crippen LogP contribution in [0.15, 0.2) is 0 Å². The summed E-state index contributed by atoms with van der Waals surface area (Å²) in [6.45, 7) is 12.1. The second-order valence-electron chi connectivity index (χ2n) is 6.63. The fourth-order valence-corrected chi connectivity index (χ4v) is 4.19. The van der Waals surface area contributed by atoms with Gasteiger partial charge in [-0.25, -0.2) is 0 Å². The van der Waals surface area contributed by atoms with Crippen molar-refractivity contribution in [2.24, 2.45) is 11.8 Å². The average molecular weight is 238 g/mol. The summed E-state index contributed by atoms with van der Waals surface area (Å²) in [5.41, 5.74) is 0. The molecule has 0 spiro atoms. The lowest BCUT2D eigenvalue weighted by Crippen LogP contribution is -2.51. The van der Waals surface area contributed by atoms with Crippen LogP contribution >= 0.6 is 0 Å². The molecule has 2 heterocycles. The van der Waals surface area contributed by atoms with Gasteiger partial charge in [0.15, 0.2) is 0 Å². The van der Waals surface area contributed by atoms with Crippen LogP contribution in [0.2, 0.25) is 0 Å². The summed E-state index contributed by atoms with van der Waals surface area (Å²) in [6, 6.07) is 2.36. The van der Waals surface area contributed by atoms with E-state index in [0.717, 1.165) is 30.0 Å². The van der Waals surface area contributed by atoms with Gasteiger partial charge < -0.3 is 5.32 Å². The van der Waals surface area contributed by atoms with Crippen LogP contribution in [0.5, 0.6) is 0 Å². The van der Waals surface area contributed by atoms with Crippen LogP contribution < -0.4 is 5.32 Å². The second-order valence-corrected chi connectivity index (χ2v) is 6.63. The molecule has 0 amide bonds. The van der Waals surface area contributed by atoms with E-state index in [0.29, 0.717) is 0 Å². The predicted octanol–water partition coefficient (Wildman–Crippen LogP) is 2.88. The van der Waals surface area contributed by atoms with E-state index >= 15 is 0 Å². The number of nitrogens with one attached hydrogen (secondary N) is 1. The Morgan fingerprint density at radius 3 is 2.24 bits per heavy atom. The van der Waals surface area contributed by atoms with Gasteiger partial charge in [0.1, 0.15) is 0 Å². The Hall–Kier alpha value is -0.0800. The maximum Gasteiger partial charge on any atom is 0.0252 e. The minimum absolute atomic E-state index is 0.768. The van der Waals surface area contributed by atoms with Crippen molar-refractivity contribution in [3.8, 4) is 0 Å². The molecule has 0 aromatic heterocycles. The third-order valence-electron chi connectivity index (χ3n) is 4.65. The van der Waals surface area contributed by atoms with Gasteiger partial charge >= 0.3 is 0 Å². The summed E-state index contributed by atoms with van der Waals surface area (Å²) < 4.78 is 0. The summed E-state index contributed by atoms with van der Waals surface area (Å²) in [6.07, 6.45) is 5.58. The zero-order chi connectivity index (χ0) is 12.4. The maximum atomic E-state index is 3.72. The minimum atomic E-state index is 0.768. The third-order valence-corrected chi connectivity index (χ3v) is 4.65. The minimum Gasteiger partial charge on any atom is -0.312 e. The van der Waals surface area contributed by atoms with Crippen molar-refractivity contribution in [1.29, 1.82) is 0 Å². The molecule has 0 aromatic carbocycles. The molecule has 2 aliphatic heterocycles. The van der Waals surface area contributed by atoms with Gasteiger partial charge in [0.2, 0.25) is 0 Å². The number of likely N-dealkylation sites (tertiary alicyclic amines) is 1. The van der Waals surface area contributed by atoms with Gasteiger partial charge in [0.25, 0.3) is 0 Å². The summed E-state index contributed by atoms with van der Waals surface area (Å²) in [4.78, 5) is 2.83. The first-order chi connectivity index (χ1) is 8.11. The molecule has 100 valence electrons. The zero-order valence-corrected chi connectivity index (χ0v) is 12.1. The van der Waals surface area contributed by atoms with Crippen LogP contribution in [0.1, 0.15) is 53.4 Å². The first-order valence-corrected chi connectivity index (χ1v) is 7.60. The molecule has 0 saturated carbocycles. The molecule has 0 radical (unpaired) electrons. The van der Waals surface area contributed by atoms with Crippen LogP contribution in [0.3, 0.4) is 0 Å². The third kappa shape index (κ3) is 2.85. The quantitative estimate of drug-likeness (QED) is 0.810. The van der Waals surface area contributed by atoms with Crippen molar-refractivity contribution in [2.45, 2.75) is 71.5 Å². The maximum absolute atomic E-state index is 3.72. The SMILES string of the molecule is CC(C)C(C(C)C)N1CCCC1C1CCCN1. The van der Waals surface area contributed by atoms with E-state index in [4.69, 9.17) is 0 Å². The Labute approximate surface area is 107 Å². The van der Waals surface area contributed by atoms with Crippen molar-refractivity contribution in [2.75, 3.05) is 13.1 Å². The Morgan fingerprint density at radius 1 is 1.00 bits per heavy atom. The molecule has 2 rings (SSSR count). The molecule has 0 aromatic rings. The van der Waals surface area contributed by atoms with Crippen molar-refractivity contribution in [3.05, 3.63) is 0 Å². The van der Waals surface area contributed by atoms with Gasteiger partial charge in [-0.15, -0.1) is 0 Å². The number of hydrogen-bond donors (Lipinski definition) is 1. The molecule has 2 atom stereocenters. The Kier molecular flexibility index (Phi) is 4.48. The molecule has 2 heteroatoms. The standard InChI is InChI=1S/C15H30N2/c1-11(2)15(12(3)4)17-10-6-8-14(17)13-7-5-9-16-13/h11-16H,5-10H2,1-4H3. The first kappa shape index (κ1) is 13.4. The normalized spacial score (nSPS) is 31.2. The van der Waals surface area contributed by atoms with Gasteiger partial charge in [-0.2, -0.15) is 0 Å².